The van der Waals surface area contributed by atoms with Gasteiger partial charge in [-0.25, -0.2) is 4.79 Å². The highest BCUT2D eigenvalue weighted by Crippen LogP contribution is 2.46. The first kappa shape index (κ1) is 48.8. The second-order valence-electron chi connectivity index (χ2n) is 20.4. The van der Waals surface area contributed by atoms with E-state index in [2.05, 4.69) is 79.8 Å². The molecule has 3 aliphatic rings. The highest BCUT2D eigenvalue weighted by Gasteiger charge is 2.43. The summed E-state index contributed by atoms with van der Waals surface area (Å²) in [5.74, 6) is 0.0221. The fourth-order valence-corrected chi connectivity index (χ4v) is 11.5. The number of carbonyl (C=O) groups is 3. The third kappa shape index (κ3) is 10.9. The van der Waals surface area contributed by atoms with E-state index < -0.39 is 23.2 Å². The summed E-state index contributed by atoms with van der Waals surface area (Å²) >= 11 is 7.06. The molecule has 1 N–H and O–H groups in total. The number of piperidine rings is 1. The van der Waals surface area contributed by atoms with Crippen LogP contribution in [0.4, 0.5) is 4.79 Å². The van der Waals surface area contributed by atoms with E-state index in [0.29, 0.717) is 36.9 Å². The highest BCUT2D eigenvalue weighted by atomic mass is 35.5. The molecule has 2 fully saturated rings. The van der Waals surface area contributed by atoms with Crippen molar-refractivity contribution in [2.75, 3.05) is 19.7 Å². The average molecular weight is 956 g/mol. The van der Waals surface area contributed by atoms with Gasteiger partial charge < -0.3 is 19.7 Å². The Bertz CT molecular complexity index is 2680. The third-order valence-electron chi connectivity index (χ3n) is 15.3. The molecule has 0 radical (unpaired) electrons. The zero-order valence-corrected chi connectivity index (χ0v) is 41.6. The van der Waals surface area contributed by atoms with Crippen LogP contribution in [0.3, 0.4) is 0 Å². The summed E-state index contributed by atoms with van der Waals surface area (Å²) < 4.78 is 12.8. The normalized spacial score (nSPS) is 16.7. The minimum absolute atomic E-state index is 0.0848. The van der Waals surface area contributed by atoms with Gasteiger partial charge in [0, 0.05) is 53.6 Å². The second-order valence-corrected chi connectivity index (χ2v) is 20.8. The predicted molar refractivity (Wildman–Crippen MR) is 280 cm³/mol. The molecule has 6 aromatic rings. The number of hydrogen-bond acceptors (Lipinski definition) is 5. The van der Waals surface area contributed by atoms with Crippen molar-refractivity contribution in [2.24, 2.45) is 0 Å². The number of alkyl carbamates (subject to hydrolysis) is 1. The molecule has 1 heterocycles. The Morgan fingerprint density at radius 3 is 1.86 bits per heavy atom. The lowest BCUT2D eigenvalue weighted by atomic mass is 9.78. The number of amides is 2. The molecular formula is C62H67ClN2O5. The van der Waals surface area contributed by atoms with Crippen LogP contribution in [0.2, 0.25) is 5.02 Å². The number of hydrogen-bond donors (Lipinski definition) is 1. The SMILES string of the molecule is CC(C)(CCC(=O)OC(c1ccccc1)(c1ccc(C2CCCCCCC2)cc1)c1ccccc1Cl)c1ccc(C[C@H](NC(=O)OCC2c3ccccc3-c3ccccc32)C(=O)N2CCCCC2)cc1. The van der Waals surface area contributed by atoms with Gasteiger partial charge in [0.1, 0.15) is 12.6 Å². The molecule has 0 bridgehead atoms. The molecule has 1 saturated carbocycles. The van der Waals surface area contributed by atoms with Crippen LogP contribution in [0.15, 0.2) is 152 Å². The molecule has 0 spiro atoms. The van der Waals surface area contributed by atoms with Crippen molar-refractivity contribution < 1.29 is 23.9 Å². The molecule has 8 heteroatoms. The van der Waals surface area contributed by atoms with Crippen LogP contribution < -0.4 is 5.32 Å². The average Bonchev–Trinajstić information content (AvgIpc) is 3.70. The molecule has 1 aliphatic heterocycles. The summed E-state index contributed by atoms with van der Waals surface area (Å²) in [4.78, 5) is 44.1. The van der Waals surface area contributed by atoms with Gasteiger partial charge in [-0.2, -0.15) is 0 Å². The minimum atomic E-state index is -1.28. The van der Waals surface area contributed by atoms with E-state index in [1.54, 1.807) is 0 Å². The van der Waals surface area contributed by atoms with Crippen LogP contribution in [0.5, 0.6) is 0 Å². The number of likely N-dealkylation sites (tertiary alicyclic amines) is 1. The molecule has 1 unspecified atom stereocenters. The van der Waals surface area contributed by atoms with Crippen LogP contribution in [0.25, 0.3) is 11.1 Å². The van der Waals surface area contributed by atoms with E-state index in [4.69, 9.17) is 21.1 Å². The van der Waals surface area contributed by atoms with E-state index in [9.17, 15) is 14.4 Å². The van der Waals surface area contributed by atoms with Crippen molar-refractivity contribution in [3.8, 4) is 11.1 Å². The van der Waals surface area contributed by atoms with E-state index in [-0.39, 0.29) is 30.8 Å². The molecule has 0 aromatic heterocycles. The van der Waals surface area contributed by atoms with Crippen LogP contribution >= 0.6 is 11.6 Å². The van der Waals surface area contributed by atoms with E-state index in [1.165, 1.54) is 50.5 Å². The van der Waals surface area contributed by atoms with Gasteiger partial charge in [0.05, 0.1) is 0 Å². The lowest BCUT2D eigenvalue weighted by Gasteiger charge is -2.36. The summed E-state index contributed by atoms with van der Waals surface area (Å²) in [5.41, 5.74) is 8.61. The molecule has 2 aliphatic carbocycles. The van der Waals surface area contributed by atoms with Gasteiger partial charge in [-0.15, -0.1) is 0 Å². The number of benzene rings is 6. The van der Waals surface area contributed by atoms with Crippen LogP contribution in [-0.2, 0) is 36.5 Å². The van der Waals surface area contributed by atoms with Crippen molar-refractivity contribution in [3.63, 3.8) is 0 Å². The zero-order valence-electron chi connectivity index (χ0n) is 40.8. The smallest absolute Gasteiger partial charge is 0.407 e. The second kappa shape index (κ2) is 22.3. The molecule has 2 atom stereocenters. The monoisotopic (exact) mass is 954 g/mol. The summed E-state index contributed by atoms with van der Waals surface area (Å²) in [5, 5.41) is 3.50. The van der Waals surface area contributed by atoms with Crippen molar-refractivity contribution in [3.05, 3.63) is 201 Å². The Morgan fingerprint density at radius 2 is 1.20 bits per heavy atom. The third-order valence-corrected chi connectivity index (χ3v) is 15.7. The van der Waals surface area contributed by atoms with Crippen molar-refractivity contribution >= 4 is 29.6 Å². The van der Waals surface area contributed by atoms with E-state index >= 15 is 0 Å². The van der Waals surface area contributed by atoms with Crippen LogP contribution in [0, 0.1) is 0 Å². The van der Waals surface area contributed by atoms with E-state index in [1.807, 2.05) is 95.9 Å². The first-order valence-corrected chi connectivity index (χ1v) is 26.1. The quantitative estimate of drug-likeness (QED) is 0.0819. The first-order valence-electron chi connectivity index (χ1n) is 25.7. The number of nitrogens with one attached hydrogen (secondary N) is 1. The largest absolute Gasteiger partial charge is 0.449 e. The number of fused-ring (bicyclic) bond motifs is 3. The summed E-state index contributed by atoms with van der Waals surface area (Å²) in [6, 6.07) is 50.3. The number of esters is 1. The number of nitrogens with zero attached hydrogens (tertiary/aromatic N) is 1. The predicted octanol–water partition coefficient (Wildman–Crippen LogP) is 14.2. The highest BCUT2D eigenvalue weighted by molar-refractivity contribution is 6.31. The van der Waals surface area contributed by atoms with Crippen molar-refractivity contribution in [1.29, 1.82) is 0 Å². The molecule has 6 aromatic carbocycles. The lowest BCUT2D eigenvalue weighted by Crippen LogP contribution is -2.51. The first-order chi connectivity index (χ1) is 34.1. The Balaban J connectivity index is 0.896. The number of carbonyl (C=O) groups excluding carboxylic acids is 3. The zero-order chi connectivity index (χ0) is 48.5. The fourth-order valence-electron chi connectivity index (χ4n) is 11.3. The molecule has 1 saturated heterocycles. The maximum atomic E-state index is 14.5. The molecule has 70 heavy (non-hydrogen) atoms. The molecule has 2 amide bonds. The maximum Gasteiger partial charge on any atom is 0.407 e. The minimum Gasteiger partial charge on any atom is -0.449 e. The number of ether oxygens (including phenoxy) is 2. The molecule has 9 rings (SSSR count). The Labute approximate surface area is 420 Å². The van der Waals surface area contributed by atoms with Gasteiger partial charge in [-0.05, 0) is 94.9 Å². The summed E-state index contributed by atoms with van der Waals surface area (Å²) in [6.45, 7) is 5.80. The van der Waals surface area contributed by atoms with Gasteiger partial charge in [-0.3, -0.25) is 9.59 Å². The van der Waals surface area contributed by atoms with Crippen LogP contribution in [-0.4, -0.2) is 48.6 Å². The Kier molecular flexibility index (Phi) is 15.5. The standard InChI is InChI=1S/C62H67ClN2O5/c1-61(2,39-38-58(66)70-62(48-22-10-6-11-23-48,55-28-16-17-29-56(55)63)49-36-32-46(33-37-49)45-20-8-4-3-5-9-21-45)47-34-30-44(31-35-47)42-57(59(67)65-40-18-7-19-41-65)64-60(68)69-43-54-52-26-14-12-24-50(52)51-25-13-15-27-53(51)54/h6,10-17,22-37,45,54,57H,3-5,7-9,18-21,38-43H2,1-2H3,(H,64,68)/t57-,62?/m0/s1. The fraction of sp³-hybridized carbons (Fsp3) is 0.371. The Morgan fingerprint density at radius 1 is 0.643 bits per heavy atom. The van der Waals surface area contributed by atoms with Gasteiger partial charge in [0.15, 0.2) is 5.60 Å². The van der Waals surface area contributed by atoms with Crippen molar-refractivity contribution in [2.45, 2.75) is 126 Å². The topological polar surface area (TPSA) is 84.9 Å². The molecule has 7 nitrogen and oxygen atoms in total. The summed E-state index contributed by atoms with van der Waals surface area (Å²) in [6.07, 6.45) is 12.2. The van der Waals surface area contributed by atoms with Gasteiger partial charge in [0.25, 0.3) is 0 Å². The van der Waals surface area contributed by atoms with E-state index in [0.717, 1.165) is 69.3 Å². The van der Waals surface area contributed by atoms with Gasteiger partial charge in [-0.1, -0.05) is 203 Å². The van der Waals surface area contributed by atoms with Gasteiger partial charge in [0.2, 0.25) is 5.91 Å². The number of halogens is 1. The lowest BCUT2D eigenvalue weighted by molar-refractivity contribution is -0.154. The Hall–Kier alpha value is -6.18. The summed E-state index contributed by atoms with van der Waals surface area (Å²) in [7, 11) is 0. The van der Waals surface area contributed by atoms with Crippen molar-refractivity contribution in [1.82, 2.24) is 10.2 Å². The maximum absolute atomic E-state index is 14.5. The number of rotatable bonds is 15. The molecule has 362 valence electrons. The molecular weight excluding hydrogens is 888 g/mol. The van der Waals surface area contributed by atoms with Crippen LogP contribution in [0.1, 0.15) is 147 Å². The van der Waals surface area contributed by atoms with Gasteiger partial charge >= 0.3 is 12.1 Å².